The Hall–Kier alpha value is -3.02. The Bertz CT molecular complexity index is 902. The molecule has 3 nitrogen and oxygen atoms in total. The van der Waals surface area contributed by atoms with Crippen molar-refractivity contribution >= 4 is 16.7 Å². The molecule has 0 bridgehead atoms. The molecule has 0 spiro atoms. The van der Waals surface area contributed by atoms with Crippen LogP contribution in [0.5, 0.6) is 5.75 Å². The second kappa shape index (κ2) is 5.88. The highest BCUT2D eigenvalue weighted by molar-refractivity contribution is 6.11. The highest BCUT2D eigenvalue weighted by Gasteiger charge is 2.31. The van der Waals surface area contributed by atoms with E-state index in [1.807, 2.05) is 18.2 Å². The highest BCUT2D eigenvalue weighted by Crippen LogP contribution is 2.32. The normalized spacial score (nSPS) is 11.5. The van der Waals surface area contributed by atoms with Crippen LogP contribution in [-0.2, 0) is 0 Å². The van der Waals surface area contributed by atoms with Crippen LogP contribution >= 0.6 is 0 Å². The third-order valence-corrected chi connectivity index (χ3v) is 3.57. The molecule has 0 saturated carbocycles. The van der Waals surface area contributed by atoms with Gasteiger partial charge in [0.2, 0.25) is 5.91 Å². The number of primary amides is 1. The molecule has 24 heavy (non-hydrogen) atoms. The fourth-order valence-corrected chi connectivity index (χ4v) is 2.61. The van der Waals surface area contributed by atoms with E-state index in [2.05, 4.69) is 4.74 Å². The van der Waals surface area contributed by atoms with E-state index in [0.717, 1.165) is 5.39 Å². The minimum atomic E-state index is -4.75. The zero-order valence-corrected chi connectivity index (χ0v) is 12.3. The molecule has 1 amide bonds. The van der Waals surface area contributed by atoms with E-state index < -0.39 is 12.3 Å². The summed E-state index contributed by atoms with van der Waals surface area (Å²) >= 11 is 0. The van der Waals surface area contributed by atoms with Crippen LogP contribution in [0.2, 0.25) is 0 Å². The zero-order valence-electron chi connectivity index (χ0n) is 12.3. The van der Waals surface area contributed by atoms with Crippen molar-refractivity contribution in [2.75, 3.05) is 0 Å². The van der Waals surface area contributed by atoms with Crippen LogP contribution in [0.4, 0.5) is 13.2 Å². The van der Waals surface area contributed by atoms with E-state index >= 15 is 0 Å². The fraction of sp³-hybridized carbons (Fsp3) is 0.0556. The van der Waals surface area contributed by atoms with Gasteiger partial charge in [-0.3, -0.25) is 4.79 Å². The van der Waals surface area contributed by atoms with Crippen LogP contribution in [0.25, 0.3) is 21.9 Å². The molecule has 0 aliphatic rings. The zero-order chi connectivity index (χ0) is 17.3. The van der Waals surface area contributed by atoms with Crippen LogP contribution < -0.4 is 10.5 Å². The minimum Gasteiger partial charge on any atom is -0.406 e. The first-order chi connectivity index (χ1) is 11.3. The van der Waals surface area contributed by atoms with Gasteiger partial charge in [0.1, 0.15) is 5.75 Å². The van der Waals surface area contributed by atoms with Crippen LogP contribution in [-0.4, -0.2) is 12.3 Å². The maximum atomic E-state index is 12.2. The van der Waals surface area contributed by atoms with Crippen molar-refractivity contribution in [2.24, 2.45) is 5.73 Å². The second-order valence-electron chi connectivity index (χ2n) is 5.15. The van der Waals surface area contributed by atoms with Crippen LogP contribution in [0.3, 0.4) is 0 Å². The van der Waals surface area contributed by atoms with Gasteiger partial charge in [-0.2, -0.15) is 0 Å². The van der Waals surface area contributed by atoms with E-state index in [1.165, 1.54) is 24.3 Å². The molecule has 3 aromatic carbocycles. The lowest BCUT2D eigenvalue weighted by molar-refractivity contribution is -0.274. The number of hydrogen-bond donors (Lipinski definition) is 1. The quantitative estimate of drug-likeness (QED) is 0.768. The molecule has 6 heteroatoms. The summed E-state index contributed by atoms with van der Waals surface area (Å²) in [6.45, 7) is 0. The van der Waals surface area contributed by atoms with Crippen LogP contribution in [0.1, 0.15) is 10.4 Å². The summed E-state index contributed by atoms with van der Waals surface area (Å²) in [4.78, 5) is 11.9. The van der Waals surface area contributed by atoms with E-state index in [-0.39, 0.29) is 5.75 Å². The van der Waals surface area contributed by atoms with Gasteiger partial charge in [0.05, 0.1) is 5.56 Å². The first kappa shape index (κ1) is 15.9. The smallest absolute Gasteiger partial charge is 0.406 e. The van der Waals surface area contributed by atoms with Crippen molar-refractivity contribution in [3.63, 3.8) is 0 Å². The molecule has 0 unspecified atom stereocenters. The Morgan fingerprint density at radius 2 is 1.58 bits per heavy atom. The van der Waals surface area contributed by atoms with Crippen molar-refractivity contribution in [1.29, 1.82) is 0 Å². The largest absolute Gasteiger partial charge is 0.573 e. The van der Waals surface area contributed by atoms with Gasteiger partial charge in [-0.05, 0) is 34.0 Å². The standard InChI is InChI=1S/C18H12F3NO2/c19-18(20,21)24-13-8-5-12(6-9-13)15-10-7-11-3-1-2-4-14(11)16(15)17(22)23/h1-10H,(H2,22,23). The molecule has 0 radical (unpaired) electrons. The first-order valence-electron chi connectivity index (χ1n) is 7.03. The van der Waals surface area contributed by atoms with Crippen LogP contribution in [0, 0.1) is 0 Å². The van der Waals surface area contributed by atoms with Crippen molar-refractivity contribution in [3.8, 4) is 16.9 Å². The van der Waals surface area contributed by atoms with E-state index in [4.69, 9.17) is 5.73 Å². The number of hydrogen-bond acceptors (Lipinski definition) is 2. The maximum absolute atomic E-state index is 12.2. The van der Waals surface area contributed by atoms with E-state index in [0.29, 0.717) is 22.1 Å². The topological polar surface area (TPSA) is 52.3 Å². The molecule has 122 valence electrons. The average molecular weight is 331 g/mol. The third-order valence-electron chi connectivity index (χ3n) is 3.57. The lowest BCUT2D eigenvalue weighted by Crippen LogP contribution is -2.17. The van der Waals surface area contributed by atoms with Gasteiger partial charge >= 0.3 is 6.36 Å². The van der Waals surface area contributed by atoms with Crippen molar-refractivity contribution in [2.45, 2.75) is 6.36 Å². The number of fused-ring (bicyclic) bond motifs is 1. The summed E-state index contributed by atoms with van der Waals surface area (Å²) in [7, 11) is 0. The van der Waals surface area contributed by atoms with Gasteiger partial charge in [0.25, 0.3) is 0 Å². The van der Waals surface area contributed by atoms with Gasteiger partial charge in [0, 0.05) is 0 Å². The number of carbonyl (C=O) groups is 1. The molecule has 0 aliphatic heterocycles. The Morgan fingerprint density at radius 1 is 0.917 bits per heavy atom. The average Bonchev–Trinajstić information content (AvgIpc) is 2.53. The molecule has 0 atom stereocenters. The highest BCUT2D eigenvalue weighted by atomic mass is 19.4. The summed E-state index contributed by atoms with van der Waals surface area (Å²) < 4.78 is 40.5. The molecule has 0 heterocycles. The maximum Gasteiger partial charge on any atom is 0.573 e. The number of halogens is 3. The van der Waals surface area contributed by atoms with Gasteiger partial charge < -0.3 is 10.5 Å². The SMILES string of the molecule is NC(=O)c1c(-c2ccc(OC(F)(F)F)cc2)ccc2ccccc12. The number of ether oxygens (including phenoxy) is 1. The van der Waals surface area contributed by atoms with Gasteiger partial charge in [0.15, 0.2) is 0 Å². The molecule has 0 aromatic heterocycles. The Kier molecular flexibility index (Phi) is 3.89. The molecule has 3 aromatic rings. The Labute approximate surface area is 135 Å². The van der Waals surface area contributed by atoms with E-state index in [1.54, 1.807) is 18.2 Å². The minimum absolute atomic E-state index is 0.326. The second-order valence-corrected chi connectivity index (χ2v) is 5.15. The van der Waals surface area contributed by atoms with Crippen molar-refractivity contribution < 1.29 is 22.7 Å². The monoisotopic (exact) mass is 331 g/mol. The Balaban J connectivity index is 2.09. The number of amides is 1. The molecule has 2 N–H and O–H groups in total. The molecular weight excluding hydrogens is 319 g/mol. The summed E-state index contributed by atoms with van der Waals surface area (Å²) in [5.41, 5.74) is 6.98. The number of alkyl halides is 3. The molecule has 0 fully saturated rings. The molecule has 0 saturated heterocycles. The first-order valence-corrected chi connectivity index (χ1v) is 7.03. The predicted octanol–water partition coefficient (Wildman–Crippen LogP) is 4.50. The van der Waals surface area contributed by atoms with Gasteiger partial charge in [-0.1, -0.05) is 48.5 Å². The lowest BCUT2D eigenvalue weighted by atomic mass is 9.94. The number of nitrogens with two attached hydrogens (primary N) is 1. The van der Waals surface area contributed by atoms with Crippen molar-refractivity contribution in [1.82, 2.24) is 0 Å². The summed E-state index contributed by atoms with van der Waals surface area (Å²) in [6, 6.07) is 16.1. The van der Waals surface area contributed by atoms with Crippen LogP contribution in [0.15, 0.2) is 60.7 Å². The van der Waals surface area contributed by atoms with Crippen molar-refractivity contribution in [3.05, 3.63) is 66.2 Å². The number of rotatable bonds is 3. The third kappa shape index (κ3) is 3.17. The van der Waals surface area contributed by atoms with E-state index in [9.17, 15) is 18.0 Å². The fourth-order valence-electron chi connectivity index (χ4n) is 2.61. The number of carbonyl (C=O) groups excluding carboxylic acids is 1. The van der Waals surface area contributed by atoms with Gasteiger partial charge in [-0.15, -0.1) is 13.2 Å². The summed E-state index contributed by atoms with van der Waals surface area (Å²) in [6.07, 6.45) is -4.75. The lowest BCUT2D eigenvalue weighted by Gasteiger charge is -2.12. The molecular formula is C18H12F3NO2. The summed E-state index contributed by atoms with van der Waals surface area (Å²) in [5.74, 6) is -0.926. The summed E-state index contributed by atoms with van der Waals surface area (Å²) in [5, 5.41) is 1.55. The Morgan fingerprint density at radius 3 is 2.21 bits per heavy atom. The predicted molar refractivity (Wildman–Crippen MR) is 84.6 cm³/mol. The van der Waals surface area contributed by atoms with Gasteiger partial charge in [-0.25, -0.2) is 0 Å². The molecule has 3 rings (SSSR count). The molecule has 0 aliphatic carbocycles. The number of benzene rings is 3.